The summed E-state index contributed by atoms with van der Waals surface area (Å²) in [6.45, 7) is 3.44. The van der Waals surface area contributed by atoms with Crippen LogP contribution in [0.15, 0.2) is 48.5 Å². The van der Waals surface area contributed by atoms with Crippen LogP contribution in [0.5, 0.6) is 5.75 Å². The van der Waals surface area contributed by atoms with Gasteiger partial charge in [-0.2, -0.15) is 11.8 Å². The molecule has 0 heterocycles. The molecule has 0 amide bonds. The second-order valence-electron chi connectivity index (χ2n) is 4.98. The van der Waals surface area contributed by atoms with Gasteiger partial charge in [0.2, 0.25) is 0 Å². The predicted molar refractivity (Wildman–Crippen MR) is 109 cm³/mol. The van der Waals surface area contributed by atoms with Crippen LogP contribution in [0.1, 0.15) is 12.5 Å². The van der Waals surface area contributed by atoms with Crippen molar-refractivity contribution in [2.75, 3.05) is 24.2 Å². The molecule has 3 nitrogen and oxygen atoms in total. The lowest BCUT2D eigenvalue weighted by molar-refractivity contribution is 0.340. The van der Waals surface area contributed by atoms with Crippen LogP contribution in [-0.2, 0) is 5.75 Å². The van der Waals surface area contributed by atoms with Gasteiger partial charge in [0.25, 0.3) is 0 Å². The summed E-state index contributed by atoms with van der Waals surface area (Å²) in [7, 11) is 0. The van der Waals surface area contributed by atoms with Crippen LogP contribution in [0, 0.1) is 0 Å². The van der Waals surface area contributed by atoms with Crippen LogP contribution in [0.4, 0.5) is 5.69 Å². The van der Waals surface area contributed by atoms with Gasteiger partial charge in [0.05, 0.1) is 6.61 Å². The van der Waals surface area contributed by atoms with Gasteiger partial charge < -0.3 is 15.4 Å². The molecule has 0 unspecified atom stereocenters. The summed E-state index contributed by atoms with van der Waals surface area (Å²) in [6.07, 6.45) is 0. The van der Waals surface area contributed by atoms with Gasteiger partial charge in [-0.15, -0.1) is 0 Å². The van der Waals surface area contributed by atoms with E-state index in [4.69, 9.17) is 28.6 Å². The highest BCUT2D eigenvalue weighted by Crippen LogP contribution is 2.20. The van der Waals surface area contributed by atoms with E-state index >= 15 is 0 Å². The summed E-state index contributed by atoms with van der Waals surface area (Å²) < 4.78 is 5.41. The first kappa shape index (κ1) is 18.9. The normalized spacial score (nSPS) is 10.2. The van der Waals surface area contributed by atoms with Gasteiger partial charge in [0.1, 0.15) is 5.75 Å². The van der Waals surface area contributed by atoms with E-state index in [9.17, 15) is 0 Å². The first-order valence-corrected chi connectivity index (χ1v) is 9.72. The fourth-order valence-electron chi connectivity index (χ4n) is 2.01. The molecular formula is C18H21ClN2OS2. The third kappa shape index (κ3) is 6.59. The Morgan fingerprint density at radius 1 is 1.17 bits per heavy atom. The predicted octanol–water partition coefficient (Wildman–Crippen LogP) is 4.96. The number of hydrogen-bond acceptors (Lipinski definition) is 3. The highest BCUT2D eigenvalue weighted by Gasteiger charge is 2.00. The second kappa shape index (κ2) is 10.4. The zero-order chi connectivity index (χ0) is 17.2. The number of anilines is 1. The molecule has 2 rings (SSSR count). The average Bonchev–Trinajstić information content (AvgIpc) is 2.58. The SMILES string of the molecule is CCOc1ccc(NC(=S)NCCSCc2ccccc2Cl)cc1. The van der Waals surface area contributed by atoms with Gasteiger partial charge in [0.15, 0.2) is 5.11 Å². The summed E-state index contributed by atoms with van der Waals surface area (Å²) in [6, 6.07) is 15.7. The molecule has 0 aromatic heterocycles. The van der Waals surface area contributed by atoms with E-state index in [1.165, 1.54) is 5.56 Å². The summed E-state index contributed by atoms with van der Waals surface area (Å²) in [5, 5.41) is 7.82. The summed E-state index contributed by atoms with van der Waals surface area (Å²) in [4.78, 5) is 0. The van der Waals surface area contributed by atoms with Crippen molar-refractivity contribution in [1.29, 1.82) is 0 Å². The van der Waals surface area contributed by atoms with Crippen molar-refractivity contribution in [3.05, 3.63) is 59.1 Å². The summed E-state index contributed by atoms with van der Waals surface area (Å²) >= 11 is 13.3. The van der Waals surface area contributed by atoms with E-state index in [0.29, 0.717) is 11.7 Å². The Labute approximate surface area is 158 Å². The number of benzene rings is 2. The van der Waals surface area contributed by atoms with Crippen molar-refractivity contribution in [1.82, 2.24) is 5.32 Å². The Hall–Kier alpha value is -1.43. The molecule has 0 saturated carbocycles. The first-order chi connectivity index (χ1) is 11.7. The molecule has 0 spiro atoms. The molecule has 0 aliphatic rings. The molecule has 0 aliphatic carbocycles. The minimum Gasteiger partial charge on any atom is -0.494 e. The van der Waals surface area contributed by atoms with Crippen LogP contribution in [-0.4, -0.2) is 24.0 Å². The molecule has 0 radical (unpaired) electrons. The fraction of sp³-hybridized carbons (Fsp3) is 0.278. The zero-order valence-electron chi connectivity index (χ0n) is 13.5. The van der Waals surface area contributed by atoms with Crippen LogP contribution >= 0.6 is 35.6 Å². The third-order valence-electron chi connectivity index (χ3n) is 3.17. The minimum atomic E-state index is 0.623. The van der Waals surface area contributed by atoms with Crippen molar-refractivity contribution in [2.24, 2.45) is 0 Å². The van der Waals surface area contributed by atoms with E-state index in [1.807, 2.05) is 61.2 Å². The van der Waals surface area contributed by atoms with Crippen molar-refractivity contribution >= 4 is 46.4 Å². The van der Waals surface area contributed by atoms with E-state index in [2.05, 4.69) is 16.7 Å². The van der Waals surface area contributed by atoms with Crippen molar-refractivity contribution in [3.63, 3.8) is 0 Å². The highest BCUT2D eigenvalue weighted by atomic mass is 35.5. The Bertz CT molecular complexity index is 650. The smallest absolute Gasteiger partial charge is 0.170 e. The number of thiocarbonyl (C=S) groups is 1. The molecule has 0 atom stereocenters. The maximum absolute atomic E-state index is 6.14. The van der Waals surface area contributed by atoms with Gasteiger partial charge in [-0.1, -0.05) is 29.8 Å². The molecule has 2 N–H and O–H groups in total. The molecule has 6 heteroatoms. The molecule has 0 fully saturated rings. The number of halogens is 1. The van der Waals surface area contributed by atoms with Gasteiger partial charge in [-0.25, -0.2) is 0 Å². The number of nitrogens with one attached hydrogen (secondary N) is 2. The first-order valence-electron chi connectivity index (χ1n) is 7.78. The quantitative estimate of drug-likeness (QED) is 0.499. The van der Waals surface area contributed by atoms with Crippen molar-refractivity contribution in [2.45, 2.75) is 12.7 Å². The lowest BCUT2D eigenvalue weighted by atomic mass is 10.2. The number of thioether (sulfide) groups is 1. The van der Waals surface area contributed by atoms with Crippen LogP contribution in [0.25, 0.3) is 0 Å². The lowest BCUT2D eigenvalue weighted by Gasteiger charge is -2.11. The molecular weight excluding hydrogens is 360 g/mol. The Kier molecular flexibility index (Phi) is 8.22. The highest BCUT2D eigenvalue weighted by molar-refractivity contribution is 7.98. The minimum absolute atomic E-state index is 0.623. The van der Waals surface area contributed by atoms with Gasteiger partial charge in [0, 0.05) is 28.8 Å². The number of rotatable bonds is 8. The van der Waals surface area contributed by atoms with Crippen LogP contribution < -0.4 is 15.4 Å². The molecule has 0 bridgehead atoms. The second-order valence-corrected chi connectivity index (χ2v) is 6.90. The van der Waals surface area contributed by atoms with Crippen molar-refractivity contribution < 1.29 is 4.74 Å². The van der Waals surface area contributed by atoms with E-state index in [1.54, 1.807) is 0 Å². The summed E-state index contributed by atoms with van der Waals surface area (Å²) in [5.41, 5.74) is 2.11. The Morgan fingerprint density at radius 2 is 1.92 bits per heavy atom. The molecule has 24 heavy (non-hydrogen) atoms. The van der Waals surface area contributed by atoms with E-state index < -0.39 is 0 Å². The van der Waals surface area contributed by atoms with Crippen molar-refractivity contribution in [3.8, 4) is 5.75 Å². The molecule has 0 saturated heterocycles. The standard InChI is InChI=1S/C18H21ClN2OS2/c1-2-22-16-9-7-15(8-10-16)21-18(23)20-11-12-24-13-14-5-3-4-6-17(14)19/h3-10H,2,11-13H2,1H3,(H2,20,21,23). The largest absolute Gasteiger partial charge is 0.494 e. The average molecular weight is 381 g/mol. The monoisotopic (exact) mass is 380 g/mol. The lowest BCUT2D eigenvalue weighted by Crippen LogP contribution is -2.30. The molecule has 2 aromatic rings. The fourth-order valence-corrected chi connectivity index (χ4v) is 3.37. The van der Waals surface area contributed by atoms with Gasteiger partial charge in [-0.05, 0) is 55.0 Å². The maximum Gasteiger partial charge on any atom is 0.170 e. The topological polar surface area (TPSA) is 33.3 Å². The third-order valence-corrected chi connectivity index (χ3v) is 4.79. The van der Waals surface area contributed by atoms with Crippen LogP contribution in [0.3, 0.4) is 0 Å². The van der Waals surface area contributed by atoms with E-state index in [-0.39, 0.29) is 0 Å². The van der Waals surface area contributed by atoms with Gasteiger partial charge >= 0.3 is 0 Å². The molecule has 0 aliphatic heterocycles. The van der Waals surface area contributed by atoms with Crippen LogP contribution in [0.2, 0.25) is 5.02 Å². The maximum atomic E-state index is 6.14. The Balaban J connectivity index is 1.63. The number of ether oxygens (including phenoxy) is 1. The summed E-state index contributed by atoms with van der Waals surface area (Å²) in [5.74, 6) is 2.72. The van der Waals surface area contributed by atoms with Gasteiger partial charge in [-0.3, -0.25) is 0 Å². The number of hydrogen-bond donors (Lipinski definition) is 2. The Morgan fingerprint density at radius 3 is 2.62 bits per heavy atom. The van der Waals surface area contributed by atoms with E-state index in [0.717, 1.165) is 34.5 Å². The molecule has 128 valence electrons. The zero-order valence-corrected chi connectivity index (χ0v) is 15.9. The molecule has 2 aromatic carbocycles.